The Morgan fingerprint density at radius 2 is 2.06 bits per heavy atom. The van der Waals surface area contributed by atoms with Crippen LogP contribution in [-0.2, 0) is 0 Å². The maximum absolute atomic E-state index is 10.8. The van der Waals surface area contributed by atoms with E-state index >= 15 is 0 Å². The number of nitrogens with zero attached hydrogens (tertiary/aromatic N) is 2. The number of benzene rings is 1. The second kappa shape index (κ2) is 5.03. The van der Waals surface area contributed by atoms with Gasteiger partial charge in [-0.1, -0.05) is 0 Å². The molecule has 1 aliphatic rings. The molecule has 0 bridgehead atoms. The Labute approximate surface area is 100 Å². The molecule has 1 aliphatic heterocycles. The van der Waals surface area contributed by atoms with Gasteiger partial charge < -0.3 is 9.64 Å². The lowest BCUT2D eigenvalue weighted by molar-refractivity contribution is -0.385. The second-order valence-electron chi connectivity index (χ2n) is 3.97. The summed E-state index contributed by atoms with van der Waals surface area (Å²) in [5.41, 5.74) is 1.00. The Balaban J connectivity index is 2.27. The summed E-state index contributed by atoms with van der Waals surface area (Å²) in [5.74, 6) is 0.321. The first-order valence-electron chi connectivity index (χ1n) is 5.61. The Kier molecular flexibility index (Phi) is 3.46. The molecule has 1 aromatic carbocycles. The molecule has 0 unspecified atom stereocenters. The number of piperidine rings is 1. The van der Waals surface area contributed by atoms with Gasteiger partial charge in [0.05, 0.1) is 12.0 Å². The summed E-state index contributed by atoms with van der Waals surface area (Å²) in [5, 5.41) is 10.8. The summed E-state index contributed by atoms with van der Waals surface area (Å²) in [6.07, 6.45) is 4.37. The molecule has 1 aromatic rings. The lowest BCUT2D eigenvalue weighted by Gasteiger charge is -2.28. The van der Waals surface area contributed by atoms with Crippen LogP contribution in [0.2, 0.25) is 0 Å². The highest BCUT2D eigenvalue weighted by Gasteiger charge is 2.18. The molecule has 0 spiro atoms. The van der Waals surface area contributed by atoms with Crippen molar-refractivity contribution in [2.45, 2.75) is 12.8 Å². The lowest BCUT2D eigenvalue weighted by atomic mass is 10.1. The van der Waals surface area contributed by atoms with Crippen molar-refractivity contribution in [3.05, 3.63) is 34.7 Å². The maximum Gasteiger partial charge on any atom is 0.311 e. The Bertz CT molecular complexity index is 414. The normalized spacial score (nSPS) is 15.7. The smallest absolute Gasteiger partial charge is 0.311 e. The summed E-state index contributed by atoms with van der Waals surface area (Å²) in [6, 6.07) is 5.03. The minimum atomic E-state index is -0.424. The molecule has 1 radical (unpaired) electrons. The summed E-state index contributed by atoms with van der Waals surface area (Å²) in [4.78, 5) is 12.6. The van der Waals surface area contributed by atoms with Crippen LogP contribution in [0.15, 0.2) is 18.2 Å². The van der Waals surface area contributed by atoms with E-state index in [0.29, 0.717) is 5.75 Å². The van der Waals surface area contributed by atoms with Crippen LogP contribution in [-0.4, -0.2) is 25.1 Å². The summed E-state index contributed by atoms with van der Waals surface area (Å²) >= 11 is 0. The van der Waals surface area contributed by atoms with Gasteiger partial charge in [0.1, 0.15) is 0 Å². The van der Waals surface area contributed by atoms with Gasteiger partial charge in [-0.2, -0.15) is 0 Å². The van der Waals surface area contributed by atoms with E-state index in [-0.39, 0.29) is 5.69 Å². The van der Waals surface area contributed by atoms with Crippen molar-refractivity contribution in [3.8, 4) is 5.75 Å². The molecule has 1 heterocycles. The number of hydrogen-bond acceptors (Lipinski definition) is 4. The average Bonchev–Trinajstić information content (AvgIpc) is 2.39. The van der Waals surface area contributed by atoms with Gasteiger partial charge in [0, 0.05) is 30.9 Å². The van der Waals surface area contributed by atoms with E-state index < -0.39 is 4.92 Å². The molecule has 17 heavy (non-hydrogen) atoms. The van der Waals surface area contributed by atoms with Crippen molar-refractivity contribution in [3.63, 3.8) is 0 Å². The fraction of sp³-hybridized carbons (Fsp3) is 0.417. The van der Waals surface area contributed by atoms with E-state index in [1.807, 2.05) is 0 Å². The summed E-state index contributed by atoms with van der Waals surface area (Å²) < 4.78 is 5.06. The van der Waals surface area contributed by atoms with Gasteiger partial charge in [0.25, 0.3) is 0 Å². The minimum absolute atomic E-state index is 0.0137. The lowest BCUT2D eigenvalue weighted by Crippen LogP contribution is -2.29. The molecule has 91 valence electrons. The molecule has 2 rings (SSSR count). The molecule has 5 nitrogen and oxygen atoms in total. The molecule has 0 saturated carbocycles. The van der Waals surface area contributed by atoms with E-state index in [4.69, 9.17) is 4.74 Å². The van der Waals surface area contributed by atoms with Crippen LogP contribution < -0.4 is 9.64 Å². The van der Waals surface area contributed by atoms with Crippen LogP contribution in [0.5, 0.6) is 5.75 Å². The largest absolute Gasteiger partial charge is 0.490 e. The Morgan fingerprint density at radius 1 is 1.35 bits per heavy atom. The maximum atomic E-state index is 10.8. The van der Waals surface area contributed by atoms with Crippen LogP contribution in [0.3, 0.4) is 0 Å². The predicted octanol–water partition coefficient (Wildman–Crippen LogP) is 2.41. The van der Waals surface area contributed by atoms with Gasteiger partial charge in [0.15, 0.2) is 5.75 Å². The number of ether oxygens (including phenoxy) is 1. The number of hydrogen-bond donors (Lipinski definition) is 0. The first kappa shape index (κ1) is 11.7. The first-order valence-corrected chi connectivity index (χ1v) is 5.61. The Hall–Kier alpha value is -1.78. The monoisotopic (exact) mass is 235 g/mol. The Morgan fingerprint density at radius 3 is 2.65 bits per heavy atom. The molecule has 0 N–H and O–H groups in total. The fourth-order valence-corrected chi connectivity index (χ4v) is 2.02. The zero-order valence-electron chi connectivity index (χ0n) is 9.76. The average molecular weight is 235 g/mol. The van der Waals surface area contributed by atoms with Gasteiger partial charge in [0.2, 0.25) is 0 Å². The quantitative estimate of drug-likeness (QED) is 0.596. The molecule has 0 atom stereocenters. The van der Waals surface area contributed by atoms with Crippen molar-refractivity contribution in [1.29, 1.82) is 0 Å². The van der Waals surface area contributed by atoms with E-state index in [1.54, 1.807) is 12.1 Å². The van der Waals surface area contributed by atoms with Gasteiger partial charge in [-0.15, -0.1) is 0 Å². The molecule has 1 saturated heterocycles. The molecule has 5 heteroatoms. The van der Waals surface area contributed by atoms with Gasteiger partial charge in [-0.3, -0.25) is 10.1 Å². The molecule has 0 aliphatic carbocycles. The van der Waals surface area contributed by atoms with Crippen LogP contribution in [0, 0.1) is 16.5 Å². The zero-order valence-corrected chi connectivity index (χ0v) is 9.76. The number of nitro groups is 1. The first-order chi connectivity index (χ1) is 8.22. The molecule has 0 aromatic heterocycles. The highest BCUT2D eigenvalue weighted by atomic mass is 16.6. The van der Waals surface area contributed by atoms with E-state index in [9.17, 15) is 10.1 Å². The van der Waals surface area contributed by atoms with E-state index in [0.717, 1.165) is 31.6 Å². The standard InChI is InChI=1S/C12H15N2O3/c1-17-12-9-10(5-6-11(12)14(15)16)13-7-3-2-4-8-13/h2,5-6,9H,3-4,7-8H2,1H3. The second-order valence-corrected chi connectivity index (χ2v) is 3.97. The fourth-order valence-electron chi connectivity index (χ4n) is 2.02. The number of rotatable bonds is 3. The third-order valence-corrected chi connectivity index (χ3v) is 2.93. The van der Waals surface area contributed by atoms with Crippen LogP contribution in [0.25, 0.3) is 0 Å². The van der Waals surface area contributed by atoms with Crippen molar-refractivity contribution in [1.82, 2.24) is 0 Å². The minimum Gasteiger partial charge on any atom is -0.490 e. The molecule has 1 fully saturated rings. The molecule has 0 amide bonds. The third-order valence-electron chi connectivity index (χ3n) is 2.93. The topological polar surface area (TPSA) is 55.6 Å². The SMILES string of the molecule is COc1cc(N2CC[CH]CC2)ccc1[N+](=O)[O-]. The van der Waals surface area contributed by atoms with E-state index in [2.05, 4.69) is 11.3 Å². The van der Waals surface area contributed by atoms with E-state index in [1.165, 1.54) is 13.2 Å². The van der Waals surface area contributed by atoms with Crippen LogP contribution in [0.1, 0.15) is 12.8 Å². The van der Waals surface area contributed by atoms with Crippen molar-refractivity contribution >= 4 is 11.4 Å². The van der Waals surface area contributed by atoms with Gasteiger partial charge in [-0.05, 0) is 25.3 Å². The highest BCUT2D eigenvalue weighted by Crippen LogP contribution is 2.32. The predicted molar refractivity (Wildman–Crippen MR) is 65.4 cm³/mol. The van der Waals surface area contributed by atoms with Gasteiger partial charge >= 0.3 is 5.69 Å². The van der Waals surface area contributed by atoms with Crippen molar-refractivity contribution < 1.29 is 9.66 Å². The van der Waals surface area contributed by atoms with Crippen LogP contribution >= 0.6 is 0 Å². The van der Waals surface area contributed by atoms with Crippen LogP contribution in [0.4, 0.5) is 11.4 Å². The van der Waals surface area contributed by atoms with Gasteiger partial charge in [-0.25, -0.2) is 0 Å². The zero-order chi connectivity index (χ0) is 12.3. The number of nitro benzene ring substituents is 1. The number of anilines is 1. The molecular weight excluding hydrogens is 220 g/mol. The summed E-state index contributed by atoms with van der Waals surface area (Å²) in [6.45, 7) is 1.92. The molecular formula is C12H15N2O3. The third kappa shape index (κ3) is 2.49. The van der Waals surface area contributed by atoms with Crippen molar-refractivity contribution in [2.24, 2.45) is 0 Å². The van der Waals surface area contributed by atoms with Crippen molar-refractivity contribution in [2.75, 3.05) is 25.1 Å². The highest BCUT2D eigenvalue weighted by molar-refractivity contribution is 5.59. The number of methoxy groups -OCH3 is 1. The summed E-state index contributed by atoms with van der Waals surface area (Å²) in [7, 11) is 1.45.